The van der Waals surface area contributed by atoms with E-state index >= 15 is 0 Å². The summed E-state index contributed by atoms with van der Waals surface area (Å²) in [5, 5.41) is 3.36. The van der Waals surface area contributed by atoms with Gasteiger partial charge in [-0.2, -0.15) is 0 Å². The minimum absolute atomic E-state index is 0. The van der Waals surface area contributed by atoms with Crippen LogP contribution in [-0.2, 0) is 17.9 Å². The maximum Gasteiger partial charge on any atom is 0.219 e. The zero-order chi connectivity index (χ0) is 20.5. The summed E-state index contributed by atoms with van der Waals surface area (Å²) in [5.74, 6) is 1.59. The van der Waals surface area contributed by atoms with Crippen LogP contribution in [0.1, 0.15) is 25.0 Å². The van der Waals surface area contributed by atoms with Crippen molar-refractivity contribution in [3.63, 3.8) is 0 Å². The number of carbonyl (C=O) groups excluding carboxylic acids is 1. The Morgan fingerprint density at radius 1 is 1.10 bits per heavy atom. The third-order valence-corrected chi connectivity index (χ3v) is 4.83. The summed E-state index contributed by atoms with van der Waals surface area (Å²) in [5.41, 5.74) is 2.05. The predicted molar refractivity (Wildman–Crippen MR) is 129 cm³/mol. The maximum absolute atomic E-state index is 11.6. The van der Waals surface area contributed by atoms with Crippen molar-refractivity contribution < 1.29 is 9.53 Å². The fourth-order valence-corrected chi connectivity index (χ4v) is 3.22. The van der Waals surface area contributed by atoms with Crippen LogP contribution in [0.4, 0.5) is 0 Å². The van der Waals surface area contributed by atoms with Crippen LogP contribution in [0.25, 0.3) is 0 Å². The van der Waals surface area contributed by atoms with Gasteiger partial charge in [0.2, 0.25) is 11.8 Å². The number of piperazine rings is 1. The molecule has 1 aromatic carbocycles. The van der Waals surface area contributed by atoms with Crippen molar-refractivity contribution in [2.24, 2.45) is 4.99 Å². The van der Waals surface area contributed by atoms with Gasteiger partial charge >= 0.3 is 0 Å². The average Bonchev–Trinajstić information content (AvgIpc) is 2.76. The molecule has 0 bridgehead atoms. The van der Waals surface area contributed by atoms with E-state index in [2.05, 4.69) is 22.1 Å². The zero-order valence-corrected chi connectivity index (χ0v) is 19.9. The number of hydrogen-bond donors (Lipinski definition) is 1. The number of nitrogens with one attached hydrogen (secondary N) is 1. The SMILES string of the molecule is CCNC(=NCc1cccnc1OCc1ccccc1)N1CCN(C(C)=O)CC1.I. The number of amides is 1. The number of hydrogen-bond acceptors (Lipinski definition) is 4. The molecule has 0 saturated carbocycles. The molecular weight excluding hydrogens is 493 g/mol. The van der Waals surface area contributed by atoms with E-state index in [4.69, 9.17) is 9.73 Å². The molecule has 3 rings (SSSR count). The summed E-state index contributed by atoms with van der Waals surface area (Å²) in [7, 11) is 0. The minimum atomic E-state index is 0. The third-order valence-electron chi connectivity index (χ3n) is 4.83. The lowest BCUT2D eigenvalue weighted by molar-refractivity contribution is -0.130. The van der Waals surface area contributed by atoms with Gasteiger partial charge in [-0.3, -0.25) is 4.79 Å². The molecule has 0 unspecified atom stereocenters. The zero-order valence-electron chi connectivity index (χ0n) is 17.6. The van der Waals surface area contributed by atoms with E-state index in [0.717, 1.165) is 49.8 Å². The first-order valence-corrected chi connectivity index (χ1v) is 10.1. The fraction of sp³-hybridized carbons (Fsp3) is 0.409. The second kappa shape index (κ2) is 12.4. The van der Waals surface area contributed by atoms with E-state index in [0.29, 0.717) is 19.0 Å². The minimum Gasteiger partial charge on any atom is -0.473 e. The normalized spacial score (nSPS) is 14.1. The van der Waals surface area contributed by atoms with E-state index in [1.165, 1.54) is 0 Å². The van der Waals surface area contributed by atoms with Crippen molar-refractivity contribution in [2.45, 2.75) is 27.0 Å². The van der Waals surface area contributed by atoms with Crippen molar-refractivity contribution in [1.29, 1.82) is 0 Å². The monoisotopic (exact) mass is 523 g/mol. The van der Waals surface area contributed by atoms with Crippen LogP contribution in [0, 0.1) is 0 Å². The summed E-state index contributed by atoms with van der Waals surface area (Å²) in [6.45, 7) is 8.40. The Hall–Kier alpha value is -2.36. The summed E-state index contributed by atoms with van der Waals surface area (Å²) >= 11 is 0. The maximum atomic E-state index is 11.6. The van der Waals surface area contributed by atoms with Crippen LogP contribution >= 0.6 is 24.0 Å². The average molecular weight is 523 g/mol. The van der Waals surface area contributed by atoms with Gasteiger partial charge in [-0.15, -0.1) is 24.0 Å². The van der Waals surface area contributed by atoms with Gasteiger partial charge < -0.3 is 19.9 Å². The van der Waals surface area contributed by atoms with Crippen LogP contribution in [0.3, 0.4) is 0 Å². The number of rotatable bonds is 6. The second-order valence-corrected chi connectivity index (χ2v) is 6.91. The summed E-state index contributed by atoms with van der Waals surface area (Å²) in [6, 6.07) is 13.9. The molecule has 1 aromatic heterocycles. The lowest BCUT2D eigenvalue weighted by Crippen LogP contribution is -2.53. The van der Waals surface area contributed by atoms with E-state index < -0.39 is 0 Å². The van der Waals surface area contributed by atoms with Crippen LogP contribution in [-0.4, -0.2) is 59.4 Å². The highest BCUT2D eigenvalue weighted by Crippen LogP contribution is 2.17. The molecule has 1 saturated heterocycles. The Balaban J connectivity index is 0.00000320. The highest BCUT2D eigenvalue weighted by Gasteiger charge is 2.21. The van der Waals surface area contributed by atoms with Gasteiger partial charge in [0.1, 0.15) is 6.61 Å². The van der Waals surface area contributed by atoms with Gasteiger partial charge in [-0.25, -0.2) is 9.98 Å². The first-order valence-electron chi connectivity index (χ1n) is 10.1. The molecular formula is C22H30IN5O2. The smallest absolute Gasteiger partial charge is 0.219 e. The third kappa shape index (κ3) is 6.86. The van der Waals surface area contributed by atoms with Crippen molar-refractivity contribution >= 4 is 35.8 Å². The Kier molecular flexibility index (Phi) is 9.85. The molecule has 8 heteroatoms. The van der Waals surface area contributed by atoms with E-state index in [9.17, 15) is 4.79 Å². The molecule has 162 valence electrons. The van der Waals surface area contributed by atoms with E-state index in [-0.39, 0.29) is 29.9 Å². The molecule has 2 aromatic rings. The summed E-state index contributed by atoms with van der Waals surface area (Å²) in [6.07, 6.45) is 1.74. The number of ether oxygens (including phenoxy) is 1. The van der Waals surface area contributed by atoms with Crippen molar-refractivity contribution in [3.05, 3.63) is 59.8 Å². The summed E-state index contributed by atoms with van der Waals surface area (Å²) in [4.78, 5) is 24.8. The van der Waals surface area contributed by atoms with Crippen LogP contribution < -0.4 is 10.1 Å². The lowest BCUT2D eigenvalue weighted by atomic mass is 10.2. The Bertz CT molecular complexity index is 823. The molecule has 0 radical (unpaired) electrons. The molecule has 0 atom stereocenters. The molecule has 2 heterocycles. The Morgan fingerprint density at radius 3 is 2.47 bits per heavy atom. The second-order valence-electron chi connectivity index (χ2n) is 6.91. The first kappa shape index (κ1) is 23.9. The van der Waals surface area contributed by atoms with Gasteiger partial charge in [0.15, 0.2) is 5.96 Å². The molecule has 0 aliphatic carbocycles. The molecule has 1 fully saturated rings. The standard InChI is InChI=1S/C22H29N5O2.HI/c1-3-23-22(27-14-12-26(13-15-27)18(2)28)25-16-20-10-7-11-24-21(20)29-17-19-8-5-4-6-9-19;/h4-11H,3,12-17H2,1-2H3,(H,23,25);1H. The van der Waals surface area contributed by atoms with E-state index in [1.807, 2.05) is 47.4 Å². The number of pyridine rings is 1. The molecule has 1 N–H and O–H groups in total. The number of nitrogens with zero attached hydrogens (tertiary/aromatic N) is 4. The topological polar surface area (TPSA) is 70.1 Å². The largest absolute Gasteiger partial charge is 0.473 e. The van der Waals surface area contributed by atoms with Gasteiger partial charge in [-0.1, -0.05) is 36.4 Å². The van der Waals surface area contributed by atoms with Crippen molar-refractivity contribution in [2.75, 3.05) is 32.7 Å². The van der Waals surface area contributed by atoms with Gasteiger partial charge in [0, 0.05) is 51.4 Å². The number of guanidine groups is 1. The molecule has 1 aliphatic heterocycles. The highest BCUT2D eigenvalue weighted by molar-refractivity contribution is 14.0. The van der Waals surface area contributed by atoms with Crippen LogP contribution in [0.2, 0.25) is 0 Å². The van der Waals surface area contributed by atoms with Crippen molar-refractivity contribution in [3.8, 4) is 5.88 Å². The lowest BCUT2D eigenvalue weighted by Gasteiger charge is -2.36. The molecule has 1 amide bonds. The fourth-order valence-electron chi connectivity index (χ4n) is 3.22. The number of halogens is 1. The molecule has 1 aliphatic rings. The Labute approximate surface area is 195 Å². The van der Waals surface area contributed by atoms with Gasteiger partial charge in [-0.05, 0) is 18.6 Å². The highest BCUT2D eigenvalue weighted by atomic mass is 127. The Morgan fingerprint density at radius 2 is 1.80 bits per heavy atom. The summed E-state index contributed by atoms with van der Waals surface area (Å²) < 4.78 is 5.94. The van der Waals surface area contributed by atoms with Crippen LogP contribution in [0.15, 0.2) is 53.7 Å². The number of benzene rings is 1. The van der Waals surface area contributed by atoms with Gasteiger partial charge in [0.25, 0.3) is 0 Å². The first-order chi connectivity index (χ1) is 14.2. The number of aliphatic imine (C=N–C) groups is 1. The molecule has 30 heavy (non-hydrogen) atoms. The van der Waals surface area contributed by atoms with Crippen LogP contribution in [0.5, 0.6) is 5.88 Å². The predicted octanol–water partition coefficient (Wildman–Crippen LogP) is 2.91. The van der Waals surface area contributed by atoms with Gasteiger partial charge in [0.05, 0.1) is 6.54 Å². The molecule has 7 nitrogen and oxygen atoms in total. The van der Waals surface area contributed by atoms with Crippen molar-refractivity contribution in [1.82, 2.24) is 20.1 Å². The van der Waals surface area contributed by atoms with E-state index in [1.54, 1.807) is 13.1 Å². The molecule has 0 spiro atoms. The number of carbonyl (C=O) groups is 1. The number of aromatic nitrogens is 1. The quantitative estimate of drug-likeness (QED) is 0.359.